The van der Waals surface area contributed by atoms with Gasteiger partial charge < -0.3 is 10.1 Å². The highest BCUT2D eigenvalue weighted by Crippen LogP contribution is 2.19. The molecule has 0 saturated heterocycles. The van der Waals surface area contributed by atoms with E-state index in [0.29, 0.717) is 23.8 Å². The summed E-state index contributed by atoms with van der Waals surface area (Å²) in [5, 5.41) is 5.89. The first-order valence-electron chi connectivity index (χ1n) is 7.55. The van der Waals surface area contributed by atoms with Gasteiger partial charge in [0.1, 0.15) is 5.75 Å². The molecule has 0 saturated carbocycles. The van der Waals surface area contributed by atoms with E-state index >= 15 is 0 Å². The Morgan fingerprint density at radius 1 is 1.17 bits per heavy atom. The number of halogens is 1. The van der Waals surface area contributed by atoms with Crippen molar-refractivity contribution < 1.29 is 9.53 Å². The number of carbonyl (C=O) groups excluding carboxylic acids is 1. The molecule has 0 aliphatic rings. The van der Waals surface area contributed by atoms with Gasteiger partial charge in [0.25, 0.3) is 5.91 Å². The molecule has 0 fully saturated rings. The van der Waals surface area contributed by atoms with Crippen molar-refractivity contribution in [2.45, 2.75) is 13.8 Å². The second-order valence-corrected chi connectivity index (χ2v) is 6.94. The number of para-hydroxylation sites is 1. The molecular weight excluding hydrogens is 388 g/mol. The molecule has 0 bridgehead atoms. The Balaban J connectivity index is 2.01. The van der Waals surface area contributed by atoms with Gasteiger partial charge in [-0.3, -0.25) is 10.1 Å². The standard InChI is InChI=1S/C18H19BrN2O2S/c1-12(2)11-23-16-6-4-3-5-15(16)17(22)21-18(24)20-14-9-7-13(19)8-10-14/h3-10,12H,11H2,1-2H3,(H2,20,21,22,24). The minimum atomic E-state index is -0.302. The van der Waals surface area contributed by atoms with Crippen molar-refractivity contribution in [2.24, 2.45) is 5.92 Å². The number of carbonyl (C=O) groups is 1. The third-order valence-corrected chi connectivity index (χ3v) is 3.77. The van der Waals surface area contributed by atoms with Gasteiger partial charge in [-0.05, 0) is 54.5 Å². The highest BCUT2D eigenvalue weighted by atomic mass is 79.9. The Bertz CT molecular complexity index is 717. The molecule has 0 unspecified atom stereocenters. The highest BCUT2D eigenvalue weighted by molar-refractivity contribution is 9.10. The van der Waals surface area contributed by atoms with E-state index in [0.717, 1.165) is 10.2 Å². The van der Waals surface area contributed by atoms with E-state index < -0.39 is 0 Å². The molecule has 0 aliphatic carbocycles. The molecule has 0 radical (unpaired) electrons. The van der Waals surface area contributed by atoms with Crippen LogP contribution in [0.25, 0.3) is 0 Å². The topological polar surface area (TPSA) is 50.4 Å². The first-order chi connectivity index (χ1) is 11.5. The molecule has 0 spiro atoms. The van der Waals surface area contributed by atoms with Crippen LogP contribution in [0.3, 0.4) is 0 Å². The molecule has 6 heteroatoms. The van der Waals surface area contributed by atoms with Gasteiger partial charge in [-0.1, -0.05) is 41.9 Å². The zero-order valence-corrected chi connectivity index (χ0v) is 15.9. The normalized spacial score (nSPS) is 10.3. The van der Waals surface area contributed by atoms with Crippen molar-refractivity contribution in [3.63, 3.8) is 0 Å². The van der Waals surface area contributed by atoms with Crippen molar-refractivity contribution >= 4 is 44.9 Å². The van der Waals surface area contributed by atoms with E-state index in [9.17, 15) is 4.79 Å². The molecule has 24 heavy (non-hydrogen) atoms. The number of benzene rings is 2. The van der Waals surface area contributed by atoms with Crippen LogP contribution in [-0.2, 0) is 0 Å². The maximum atomic E-state index is 12.4. The van der Waals surface area contributed by atoms with Gasteiger partial charge in [0, 0.05) is 10.2 Å². The molecule has 2 N–H and O–H groups in total. The lowest BCUT2D eigenvalue weighted by Crippen LogP contribution is -2.34. The molecule has 126 valence electrons. The molecule has 0 aromatic heterocycles. The lowest BCUT2D eigenvalue weighted by atomic mass is 10.2. The second-order valence-electron chi connectivity index (χ2n) is 5.62. The van der Waals surface area contributed by atoms with Gasteiger partial charge in [0.15, 0.2) is 5.11 Å². The number of hydrogen-bond acceptors (Lipinski definition) is 3. The van der Waals surface area contributed by atoms with E-state index in [1.54, 1.807) is 18.2 Å². The predicted molar refractivity (Wildman–Crippen MR) is 105 cm³/mol. The van der Waals surface area contributed by atoms with Crippen molar-refractivity contribution in [3.05, 3.63) is 58.6 Å². The Morgan fingerprint density at radius 3 is 2.50 bits per heavy atom. The lowest BCUT2D eigenvalue weighted by Gasteiger charge is -2.14. The third-order valence-electron chi connectivity index (χ3n) is 3.03. The van der Waals surface area contributed by atoms with Gasteiger partial charge in [0.2, 0.25) is 0 Å². The Morgan fingerprint density at radius 2 is 1.83 bits per heavy atom. The van der Waals surface area contributed by atoms with Gasteiger partial charge in [-0.2, -0.15) is 0 Å². The lowest BCUT2D eigenvalue weighted by molar-refractivity contribution is 0.0973. The number of rotatable bonds is 5. The van der Waals surface area contributed by atoms with Crippen LogP contribution in [0.15, 0.2) is 53.0 Å². The van der Waals surface area contributed by atoms with Crippen LogP contribution in [0.5, 0.6) is 5.75 Å². The number of ether oxygens (including phenoxy) is 1. The SMILES string of the molecule is CC(C)COc1ccccc1C(=O)NC(=S)Nc1ccc(Br)cc1. The number of nitrogens with one attached hydrogen (secondary N) is 2. The molecule has 0 heterocycles. The predicted octanol–water partition coefficient (Wildman–Crippen LogP) is 4.61. The molecule has 2 aromatic carbocycles. The van der Waals surface area contributed by atoms with E-state index in [2.05, 4.69) is 40.4 Å². The van der Waals surface area contributed by atoms with Gasteiger partial charge in [0.05, 0.1) is 12.2 Å². The van der Waals surface area contributed by atoms with E-state index in [-0.39, 0.29) is 11.0 Å². The summed E-state index contributed by atoms with van der Waals surface area (Å²) in [7, 11) is 0. The molecule has 2 rings (SSSR count). The van der Waals surface area contributed by atoms with E-state index in [4.69, 9.17) is 17.0 Å². The minimum Gasteiger partial charge on any atom is -0.492 e. The summed E-state index contributed by atoms with van der Waals surface area (Å²) in [6, 6.07) is 14.6. The average molecular weight is 407 g/mol. The van der Waals surface area contributed by atoms with E-state index in [1.165, 1.54) is 0 Å². The Kier molecular flexibility index (Phi) is 6.75. The zero-order chi connectivity index (χ0) is 17.5. The van der Waals surface area contributed by atoms with Crippen molar-refractivity contribution in [1.82, 2.24) is 5.32 Å². The first kappa shape index (κ1) is 18.4. The fraction of sp³-hybridized carbons (Fsp3) is 0.222. The second kappa shape index (κ2) is 8.80. The molecular formula is C18H19BrN2O2S. The van der Waals surface area contributed by atoms with Crippen molar-refractivity contribution in [3.8, 4) is 5.75 Å². The molecule has 2 aromatic rings. The fourth-order valence-corrected chi connectivity index (χ4v) is 2.38. The van der Waals surface area contributed by atoms with Crippen LogP contribution >= 0.6 is 28.1 Å². The summed E-state index contributed by atoms with van der Waals surface area (Å²) in [4.78, 5) is 12.4. The summed E-state index contributed by atoms with van der Waals surface area (Å²) >= 11 is 8.57. The number of amides is 1. The third kappa shape index (κ3) is 5.62. The summed E-state index contributed by atoms with van der Waals surface area (Å²) in [5.74, 6) is 0.625. The summed E-state index contributed by atoms with van der Waals surface area (Å²) in [6.07, 6.45) is 0. The number of anilines is 1. The molecule has 4 nitrogen and oxygen atoms in total. The Labute approximate surface area is 155 Å². The van der Waals surface area contributed by atoms with Crippen molar-refractivity contribution in [2.75, 3.05) is 11.9 Å². The van der Waals surface area contributed by atoms with Crippen LogP contribution in [0.1, 0.15) is 24.2 Å². The maximum Gasteiger partial charge on any atom is 0.261 e. The number of thiocarbonyl (C=S) groups is 1. The first-order valence-corrected chi connectivity index (χ1v) is 8.75. The van der Waals surface area contributed by atoms with Gasteiger partial charge in [-0.15, -0.1) is 0 Å². The summed E-state index contributed by atoms with van der Waals surface area (Å²) in [6.45, 7) is 4.66. The van der Waals surface area contributed by atoms with Crippen LogP contribution in [0, 0.1) is 5.92 Å². The summed E-state index contributed by atoms with van der Waals surface area (Å²) in [5.41, 5.74) is 1.26. The van der Waals surface area contributed by atoms with Crippen LogP contribution < -0.4 is 15.4 Å². The molecule has 0 atom stereocenters. The van der Waals surface area contributed by atoms with Gasteiger partial charge in [-0.25, -0.2) is 0 Å². The smallest absolute Gasteiger partial charge is 0.261 e. The monoisotopic (exact) mass is 406 g/mol. The quantitative estimate of drug-likeness (QED) is 0.711. The molecule has 1 amide bonds. The summed E-state index contributed by atoms with van der Waals surface area (Å²) < 4.78 is 6.67. The Hall–Kier alpha value is -1.92. The zero-order valence-electron chi connectivity index (χ0n) is 13.5. The highest BCUT2D eigenvalue weighted by Gasteiger charge is 2.14. The number of hydrogen-bond donors (Lipinski definition) is 2. The molecule has 0 aliphatic heterocycles. The van der Waals surface area contributed by atoms with Crippen LogP contribution in [0.4, 0.5) is 5.69 Å². The maximum absolute atomic E-state index is 12.4. The van der Waals surface area contributed by atoms with Crippen LogP contribution in [0.2, 0.25) is 0 Å². The largest absolute Gasteiger partial charge is 0.492 e. The van der Waals surface area contributed by atoms with E-state index in [1.807, 2.05) is 30.3 Å². The van der Waals surface area contributed by atoms with Crippen LogP contribution in [-0.4, -0.2) is 17.6 Å². The minimum absolute atomic E-state index is 0.237. The van der Waals surface area contributed by atoms with Crippen molar-refractivity contribution in [1.29, 1.82) is 0 Å². The van der Waals surface area contributed by atoms with Gasteiger partial charge >= 0.3 is 0 Å². The average Bonchev–Trinajstić information content (AvgIpc) is 2.55. The fourth-order valence-electron chi connectivity index (χ4n) is 1.90.